The predicted octanol–water partition coefficient (Wildman–Crippen LogP) is 0.776. The maximum absolute atomic E-state index is 10.1. The fraction of sp³-hybridized carbons (Fsp3) is 0.600. The summed E-state index contributed by atoms with van der Waals surface area (Å²) in [6.45, 7) is 0.531. The molecule has 5 heteroatoms. The zero-order valence-corrected chi connectivity index (χ0v) is 8.61. The molecule has 0 spiro atoms. The molecule has 1 aliphatic rings. The van der Waals surface area contributed by atoms with Crippen LogP contribution in [0.2, 0.25) is 0 Å². The summed E-state index contributed by atoms with van der Waals surface area (Å²) in [5.41, 5.74) is 4.88. The maximum atomic E-state index is 10.1. The molecule has 0 radical (unpaired) electrons. The van der Waals surface area contributed by atoms with Gasteiger partial charge in [-0.3, -0.25) is 0 Å². The largest absolute Gasteiger partial charge is 0.388 e. The molecule has 1 aromatic rings. The summed E-state index contributed by atoms with van der Waals surface area (Å²) in [5, 5.41) is 13.2. The van der Waals surface area contributed by atoms with Crippen molar-refractivity contribution in [3.05, 3.63) is 12.3 Å². The van der Waals surface area contributed by atoms with Crippen molar-refractivity contribution in [2.24, 2.45) is 0 Å². The van der Waals surface area contributed by atoms with Crippen molar-refractivity contribution < 1.29 is 5.11 Å². The first kappa shape index (κ1) is 10.2. The van der Waals surface area contributed by atoms with Gasteiger partial charge in [0.2, 0.25) is 5.95 Å². The number of nitrogens with one attached hydrogen (secondary N) is 1. The van der Waals surface area contributed by atoms with Crippen LogP contribution in [0.5, 0.6) is 0 Å². The van der Waals surface area contributed by atoms with Crippen molar-refractivity contribution in [3.8, 4) is 0 Å². The summed E-state index contributed by atoms with van der Waals surface area (Å²) in [6.07, 6.45) is 5.53. The summed E-state index contributed by atoms with van der Waals surface area (Å²) in [7, 11) is 0. The van der Waals surface area contributed by atoms with Crippen molar-refractivity contribution in [2.45, 2.75) is 31.3 Å². The van der Waals surface area contributed by atoms with E-state index in [1.807, 2.05) is 0 Å². The number of hydrogen-bond donors (Lipinski definition) is 3. The standard InChI is InChI=1S/C10H16N4O/c11-9-12-6-3-8(14-9)13-7-10(15)4-1-2-5-10/h3,6,15H,1-2,4-5,7H2,(H3,11,12,13,14). The van der Waals surface area contributed by atoms with Crippen LogP contribution >= 0.6 is 0 Å². The smallest absolute Gasteiger partial charge is 0.221 e. The van der Waals surface area contributed by atoms with Crippen LogP contribution in [-0.4, -0.2) is 27.2 Å². The van der Waals surface area contributed by atoms with Crippen molar-refractivity contribution in [3.63, 3.8) is 0 Å². The molecule has 1 heterocycles. The number of nitrogen functional groups attached to an aromatic ring is 1. The van der Waals surface area contributed by atoms with Gasteiger partial charge < -0.3 is 16.2 Å². The molecule has 82 valence electrons. The first-order valence-electron chi connectivity index (χ1n) is 5.23. The molecule has 0 saturated heterocycles. The highest BCUT2D eigenvalue weighted by Gasteiger charge is 2.30. The van der Waals surface area contributed by atoms with Crippen LogP contribution in [0.3, 0.4) is 0 Å². The molecule has 4 N–H and O–H groups in total. The second-order valence-corrected chi connectivity index (χ2v) is 4.09. The third kappa shape index (κ3) is 2.56. The molecule has 15 heavy (non-hydrogen) atoms. The first-order chi connectivity index (χ1) is 7.18. The van der Waals surface area contributed by atoms with Gasteiger partial charge in [-0.2, -0.15) is 4.98 Å². The van der Waals surface area contributed by atoms with E-state index in [4.69, 9.17) is 5.73 Å². The molecule has 1 saturated carbocycles. The van der Waals surface area contributed by atoms with Crippen LogP contribution in [0, 0.1) is 0 Å². The Bertz CT molecular complexity index is 336. The van der Waals surface area contributed by atoms with E-state index in [1.165, 1.54) is 0 Å². The number of aromatic nitrogens is 2. The molecule has 0 aliphatic heterocycles. The minimum atomic E-state index is -0.570. The molecule has 0 atom stereocenters. The SMILES string of the molecule is Nc1nccc(NCC2(O)CCCC2)n1. The Kier molecular flexibility index (Phi) is 2.73. The van der Waals surface area contributed by atoms with Crippen molar-refractivity contribution in [1.82, 2.24) is 9.97 Å². The Morgan fingerprint density at radius 3 is 2.87 bits per heavy atom. The Morgan fingerprint density at radius 2 is 2.20 bits per heavy atom. The van der Waals surface area contributed by atoms with Crippen molar-refractivity contribution in [1.29, 1.82) is 0 Å². The van der Waals surface area contributed by atoms with Crippen LogP contribution in [0.15, 0.2) is 12.3 Å². The fourth-order valence-electron chi connectivity index (χ4n) is 1.94. The van der Waals surface area contributed by atoms with Gasteiger partial charge in [0.15, 0.2) is 0 Å². The molecule has 1 aromatic heterocycles. The lowest BCUT2D eigenvalue weighted by Crippen LogP contribution is -2.33. The van der Waals surface area contributed by atoms with Gasteiger partial charge in [-0.05, 0) is 18.9 Å². The summed E-state index contributed by atoms with van der Waals surface area (Å²) in [5.74, 6) is 0.918. The molecular weight excluding hydrogens is 192 g/mol. The van der Waals surface area contributed by atoms with E-state index in [0.717, 1.165) is 25.7 Å². The van der Waals surface area contributed by atoms with E-state index in [2.05, 4.69) is 15.3 Å². The highest BCUT2D eigenvalue weighted by atomic mass is 16.3. The Hall–Kier alpha value is -1.36. The summed E-state index contributed by atoms with van der Waals surface area (Å²) in [4.78, 5) is 7.81. The fourth-order valence-corrected chi connectivity index (χ4v) is 1.94. The highest BCUT2D eigenvalue weighted by molar-refractivity contribution is 5.37. The molecule has 2 rings (SSSR count). The molecule has 0 aromatic carbocycles. The minimum absolute atomic E-state index is 0.249. The molecule has 5 nitrogen and oxygen atoms in total. The van der Waals surface area contributed by atoms with Crippen LogP contribution < -0.4 is 11.1 Å². The summed E-state index contributed by atoms with van der Waals surface area (Å²) in [6, 6.07) is 1.74. The number of hydrogen-bond acceptors (Lipinski definition) is 5. The monoisotopic (exact) mass is 208 g/mol. The van der Waals surface area contributed by atoms with Gasteiger partial charge in [-0.1, -0.05) is 12.8 Å². The number of nitrogens with two attached hydrogens (primary N) is 1. The highest BCUT2D eigenvalue weighted by Crippen LogP contribution is 2.29. The first-order valence-corrected chi connectivity index (χ1v) is 5.23. The lowest BCUT2D eigenvalue weighted by Gasteiger charge is -2.22. The predicted molar refractivity (Wildman–Crippen MR) is 58.4 cm³/mol. The number of rotatable bonds is 3. The molecule has 0 unspecified atom stereocenters. The minimum Gasteiger partial charge on any atom is -0.388 e. The van der Waals surface area contributed by atoms with E-state index >= 15 is 0 Å². The van der Waals surface area contributed by atoms with Crippen LogP contribution in [0.4, 0.5) is 11.8 Å². The maximum Gasteiger partial charge on any atom is 0.221 e. The molecule has 0 bridgehead atoms. The van der Waals surface area contributed by atoms with Crippen molar-refractivity contribution in [2.75, 3.05) is 17.6 Å². The number of anilines is 2. The Labute approximate surface area is 88.7 Å². The number of aliphatic hydroxyl groups is 1. The van der Waals surface area contributed by atoms with Gasteiger partial charge >= 0.3 is 0 Å². The molecule has 1 aliphatic carbocycles. The van der Waals surface area contributed by atoms with Gasteiger partial charge in [0, 0.05) is 12.7 Å². The number of nitrogens with zero attached hydrogens (tertiary/aromatic N) is 2. The summed E-state index contributed by atoms with van der Waals surface area (Å²) < 4.78 is 0. The lowest BCUT2D eigenvalue weighted by molar-refractivity contribution is 0.0614. The van der Waals surface area contributed by atoms with E-state index < -0.39 is 5.60 Å². The van der Waals surface area contributed by atoms with E-state index in [0.29, 0.717) is 12.4 Å². The van der Waals surface area contributed by atoms with Gasteiger partial charge in [-0.25, -0.2) is 4.98 Å². The second kappa shape index (κ2) is 4.02. The van der Waals surface area contributed by atoms with Gasteiger partial charge in [0.1, 0.15) is 5.82 Å². The van der Waals surface area contributed by atoms with E-state index in [9.17, 15) is 5.11 Å². The van der Waals surface area contributed by atoms with E-state index in [-0.39, 0.29) is 5.95 Å². The lowest BCUT2D eigenvalue weighted by atomic mass is 10.0. The molecular formula is C10H16N4O. The van der Waals surface area contributed by atoms with E-state index in [1.54, 1.807) is 12.3 Å². The zero-order valence-electron chi connectivity index (χ0n) is 8.61. The topological polar surface area (TPSA) is 84.1 Å². The van der Waals surface area contributed by atoms with Crippen molar-refractivity contribution >= 4 is 11.8 Å². The average Bonchev–Trinajstić information content (AvgIpc) is 2.63. The normalized spacial score (nSPS) is 19.0. The van der Waals surface area contributed by atoms with Gasteiger partial charge in [-0.15, -0.1) is 0 Å². The quantitative estimate of drug-likeness (QED) is 0.683. The van der Waals surface area contributed by atoms with Gasteiger partial charge in [0.25, 0.3) is 0 Å². The summed E-state index contributed by atoms with van der Waals surface area (Å²) >= 11 is 0. The van der Waals surface area contributed by atoms with Crippen LogP contribution in [0.1, 0.15) is 25.7 Å². The van der Waals surface area contributed by atoms with Crippen LogP contribution in [0.25, 0.3) is 0 Å². The Balaban J connectivity index is 1.92. The third-order valence-corrected chi connectivity index (χ3v) is 2.81. The van der Waals surface area contributed by atoms with Crippen LogP contribution in [-0.2, 0) is 0 Å². The van der Waals surface area contributed by atoms with Gasteiger partial charge in [0.05, 0.1) is 5.60 Å². The molecule has 0 amide bonds. The second-order valence-electron chi connectivity index (χ2n) is 4.09. The Morgan fingerprint density at radius 1 is 1.47 bits per heavy atom. The average molecular weight is 208 g/mol. The zero-order chi connectivity index (χ0) is 10.7. The molecule has 1 fully saturated rings. The third-order valence-electron chi connectivity index (χ3n) is 2.81.